The van der Waals surface area contributed by atoms with Crippen molar-refractivity contribution in [3.63, 3.8) is 0 Å². The van der Waals surface area contributed by atoms with Crippen LogP contribution in [0.3, 0.4) is 0 Å². The van der Waals surface area contributed by atoms with E-state index in [0.717, 1.165) is 24.8 Å². The molecular weight excluding hydrogens is 288 g/mol. The molecular formula is C16H21ClN2O2. The molecule has 5 heteroatoms. The van der Waals surface area contributed by atoms with Crippen molar-refractivity contribution in [2.45, 2.75) is 31.4 Å². The quantitative estimate of drug-likeness (QED) is 0.912. The van der Waals surface area contributed by atoms with Gasteiger partial charge in [0.1, 0.15) is 6.10 Å². The predicted molar refractivity (Wildman–Crippen MR) is 82.0 cm³/mol. The number of benzene rings is 1. The molecule has 1 aromatic carbocycles. The van der Waals surface area contributed by atoms with Crippen molar-refractivity contribution in [1.29, 1.82) is 0 Å². The second kappa shape index (κ2) is 6.34. The zero-order valence-corrected chi connectivity index (χ0v) is 12.8. The minimum atomic E-state index is -0.0601. The number of ether oxygens (including phenoxy) is 1. The Morgan fingerprint density at radius 2 is 2.05 bits per heavy atom. The summed E-state index contributed by atoms with van der Waals surface area (Å²) >= 11 is 5.91. The van der Waals surface area contributed by atoms with Crippen molar-refractivity contribution in [2.24, 2.45) is 11.7 Å². The van der Waals surface area contributed by atoms with Crippen molar-refractivity contribution < 1.29 is 9.53 Å². The minimum absolute atomic E-state index is 0.0601. The highest BCUT2D eigenvalue weighted by atomic mass is 35.5. The van der Waals surface area contributed by atoms with Gasteiger partial charge in [0.2, 0.25) is 5.91 Å². The van der Waals surface area contributed by atoms with Gasteiger partial charge in [-0.3, -0.25) is 4.79 Å². The Kier molecular flexibility index (Phi) is 4.48. The van der Waals surface area contributed by atoms with Gasteiger partial charge in [0.15, 0.2) is 0 Å². The third kappa shape index (κ3) is 3.39. The van der Waals surface area contributed by atoms with E-state index in [0.29, 0.717) is 24.7 Å². The number of hydrogen-bond acceptors (Lipinski definition) is 3. The maximum Gasteiger partial charge on any atom is 0.225 e. The molecule has 0 unspecified atom stereocenters. The summed E-state index contributed by atoms with van der Waals surface area (Å²) in [6.45, 7) is 1.87. The van der Waals surface area contributed by atoms with Crippen LogP contribution in [-0.4, -0.2) is 36.5 Å². The van der Waals surface area contributed by atoms with Crippen LogP contribution >= 0.6 is 11.6 Å². The van der Waals surface area contributed by atoms with E-state index in [4.69, 9.17) is 22.1 Å². The van der Waals surface area contributed by atoms with Crippen LogP contribution in [0.5, 0.6) is 0 Å². The number of halogens is 1. The molecule has 0 bridgehead atoms. The highest BCUT2D eigenvalue weighted by Gasteiger charge is 2.33. The first kappa shape index (κ1) is 14.8. The fraction of sp³-hybridized carbons (Fsp3) is 0.562. The number of carbonyl (C=O) groups excluding carboxylic acids is 1. The SMILES string of the molecule is N[C@@H]1CC[C@H](C(=O)N2CCO[C@H](c3ccc(Cl)cc3)C2)C1. The molecule has 1 saturated heterocycles. The topological polar surface area (TPSA) is 55.6 Å². The monoisotopic (exact) mass is 308 g/mol. The van der Waals surface area contributed by atoms with Gasteiger partial charge in [-0.15, -0.1) is 0 Å². The van der Waals surface area contributed by atoms with Crippen LogP contribution < -0.4 is 5.73 Å². The predicted octanol–water partition coefficient (Wildman–Crippen LogP) is 2.37. The van der Waals surface area contributed by atoms with E-state index < -0.39 is 0 Å². The lowest BCUT2D eigenvalue weighted by Crippen LogP contribution is -2.44. The minimum Gasteiger partial charge on any atom is -0.370 e. The van der Waals surface area contributed by atoms with E-state index in [9.17, 15) is 4.79 Å². The van der Waals surface area contributed by atoms with Gasteiger partial charge in [0.25, 0.3) is 0 Å². The van der Waals surface area contributed by atoms with E-state index in [2.05, 4.69) is 0 Å². The molecule has 3 rings (SSSR count). The summed E-state index contributed by atoms with van der Waals surface area (Å²) < 4.78 is 5.81. The third-order valence-electron chi connectivity index (χ3n) is 4.44. The van der Waals surface area contributed by atoms with E-state index >= 15 is 0 Å². The maximum absolute atomic E-state index is 12.6. The van der Waals surface area contributed by atoms with Crippen LogP contribution in [0.15, 0.2) is 24.3 Å². The van der Waals surface area contributed by atoms with Crippen molar-refractivity contribution in [3.8, 4) is 0 Å². The number of rotatable bonds is 2. The van der Waals surface area contributed by atoms with E-state index in [1.54, 1.807) is 0 Å². The molecule has 114 valence electrons. The van der Waals surface area contributed by atoms with Crippen LogP contribution in [0.2, 0.25) is 5.02 Å². The Morgan fingerprint density at radius 3 is 2.71 bits per heavy atom. The summed E-state index contributed by atoms with van der Waals surface area (Å²) in [5.74, 6) is 0.342. The standard InChI is InChI=1S/C16H21ClN2O2/c17-13-4-1-11(2-5-13)15-10-19(7-8-21-15)16(20)12-3-6-14(18)9-12/h1-2,4-5,12,14-15H,3,6-10,18H2/t12-,14+,15-/m0/s1. The first-order valence-corrected chi connectivity index (χ1v) is 7.92. The number of nitrogens with two attached hydrogens (primary N) is 1. The molecule has 0 radical (unpaired) electrons. The zero-order chi connectivity index (χ0) is 14.8. The molecule has 1 aromatic rings. The Labute approximate surface area is 130 Å². The fourth-order valence-electron chi connectivity index (χ4n) is 3.23. The summed E-state index contributed by atoms with van der Waals surface area (Å²) in [5, 5.41) is 0.711. The fourth-order valence-corrected chi connectivity index (χ4v) is 3.35. The summed E-state index contributed by atoms with van der Waals surface area (Å²) in [7, 11) is 0. The van der Waals surface area contributed by atoms with Gasteiger partial charge in [-0.25, -0.2) is 0 Å². The van der Waals surface area contributed by atoms with Crippen molar-refractivity contribution >= 4 is 17.5 Å². The Hall–Kier alpha value is -1.10. The van der Waals surface area contributed by atoms with Crippen LogP contribution in [-0.2, 0) is 9.53 Å². The van der Waals surface area contributed by atoms with Gasteiger partial charge in [0, 0.05) is 23.5 Å². The average molecular weight is 309 g/mol. The molecule has 2 fully saturated rings. The van der Waals surface area contributed by atoms with Crippen molar-refractivity contribution in [3.05, 3.63) is 34.9 Å². The summed E-state index contributed by atoms with van der Waals surface area (Å²) in [4.78, 5) is 14.5. The number of morpholine rings is 1. The highest BCUT2D eigenvalue weighted by Crippen LogP contribution is 2.29. The van der Waals surface area contributed by atoms with Gasteiger partial charge in [-0.05, 0) is 37.0 Å². The normalized spacial score (nSPS) is 29.6. The third-order valence-corrected chi connectivity index (χ3v) is 4.69. The first-order valence-electron chi connectivity index (χ1n) is 7.55. The number of amides is 1. The Morgan fingerprint density at radius 1 is 1.29 bits per heavy atom. The number of carbonyl (C=O) groups is 1. The molecule has 1 aliphatic carbocycles. The number of hydrogen-bond donors (Lipinski definition) is 1. The molecule has 4 nitrogen and oxygen atoms in total. The van der Waals surface area contributed by atoms with Gasteiger partial charge < -0.3 is 15.4 Å². The molecule has 0 aromatic heterocycles. The largest absolute Gasteiger partial charge is 0.370 e. The van der Waals surface area contributed by atoms with Crippen molar-refractivity contribution in [2.75, 3.05) is 19.7 Å². The van der Waals surface area contributed by atoms with Crippen molar-refractivity contribution in [1.82, 2.24) is 4.90 Å². The van der Waals surface area contributed by atoms with Crippen LogP contribution in [0.25, 0.3) is 0 Å². The first-order chi connectivity index (χ1) is 10.1. The van der Waals surface area contributed by atoms with Gasteiger partial charge >= 0.3 is 0 Å². The van der Waals surface area contributed by atoms with Crippen LogP contribution in [0.4, 0.5) is 0 Å². The van der Waals surface area contributed by atoms with Crippen LogP contribution in [0, 0.1) is 5.92 Å². The molecule has 1 aliphatic heterocycles. The van der Waals surface area contributed by atoms with Gasteiger partial charge in [-0.1, -0.05) is 23.7 Å². The second-order valence-electron chi connectivity index (χ2n) is 5.97. The molecule has 3 atom stereocenters. The highest BCUT2D eigenvalue weighted by molar-refractivity contribution is 6.30. The molecule has 2 N–H and O–H groups in total. The second-order valence-corrected chi connectivity index (χ2v) is 6.40. The molecule has 21 heavy (non-hydrogen) atoms. The lowest BCUT2D eigenvalue weighted by Gasteiger charge is -2.34. The van der Waals surface area contributed by atoms with E-state index in [1.165, 1.54) is 0 Å². The van der Waals surface area contributed by atoms with E-state index in [-0.39, 0.29) is 24.0 Å². The molecule has 0 spiro atoms. The Balaban J connectivity index is 1.65. The van der Waals surface area contributed by atoms with Gasteiger partial charge in [0.05, 0.1) is 13.2 Å². The van der Waals surface area contributed by atoms with E-state index in [1.807, 2.05) is 29.2 Å². The summed E-state index contributed by atoms with van der Waals surface area (Å²) in [6, 6.07) is 7.83. The lowest BCUT2D eigenvalue weighted by molar-refractivity contribution is -0.143. The number of nitrogens with zero attached hydrogens (tertiary/aromatic N) is 1. The molecule has 2 aliphatic rings. The molecule has 1 saturated carbocycles. The maximum atomic E-state index is 12.6. The summed E-state index contributed by atoms with van der Waals surface area (Å²) in [5.41, 5.74) is 6.99. The lowest BCUT2D eigenvalue weighted by atomic mass is 10.0. The van der Waals surface area contributed by atoms with Crippen LogP contribution in [0.1, 0.15) is 30.9 Å². The smallest absolute Gasteiger partial charge is 0.225 e. The summed E-state index contributed by atoms with van der Waals surface area (Å²) in [6.07, 6.45) is 2.64. The Bertz CT molecular complexity index is 506. The average Bonchev–Trinajstić information content (AvgIpc) is 2.94. The van der Waals surface area contributed by atoms with Gasteiger partial charge in [-0.2, -0.15) is 0 Å². The molecule has 1 amide bonds. The zero-order valence-electron chi connectivity index (χ0n) is 12.0. The molecule has 1 heterocycles.